The molecule has 1 aromatic rings. The molecule has 1 N–H and O–H groups in total. The van der Waals surface area contributed by atoms with Crippen LogP contribution >= 0.6 is 0 Å². The maximum absolute atomic E-state index is 10.5. The SMILES string of the molecule is CCCNC(CCC)Cc1ncc([N+](=O)[O-])cn1. The number of hydrogen-bond donors (Lipinski definition) is 1. The molecule has 0 spiro atoms. The molecule has 0 aliphatic carbocycles. The third kappa shape index (κ3) is 4.75. The Morgan fingerprint density at radius 3 is 2.50 bits per heavy atom. The highest BCUT2D eigenvalue weighted by molar-refractivity contribution is 5.20. The molecule has 100 valence electrons. The lowest BCUT2D eigenvalue weighted by molar-refractivity contribution is -0.385. The summed E-state index contributed by atoms with van der Waals surface area (Å²) < 4.78 is 0. The fraction of sp³-hybridized carbons (Fsp3) is 0.667. The summed E-state index contributed by atoms with van der Waals surface area (Å²) in [6.45, 7) is 5.23. The van der Waals surface area contributed by atoms with Crippen molar-refractivity contribution >= 4 is 5.69 Å². The lowest BCUT2D eigenvalue weighted by Crippen LogP contribution is -2.32. The van der Waals surface area contributed by atoms with E-state index in [1.165, 1.54) is 12.4 Å². The Labute approximate surface area is 107 Å². The van der Waals surface area contributed by atoms with E-state index in [-0.39, 0.29) is 5.69 Å². The third-order valence-corrected chi connectivity index (χ3v) is 2.65. The van der Waals surface area contributed by atoms with Crippen LogP contribution in [0.1, 0.15) is 38.9 Å². The molecule has 0 fully saturated rings. The molecule has 1 atom stereocenters. The molecule has 6 heteroatoms. The van der Waals surface area contributed by atoms with Gasteiger partial charge in [-0.25, -0.2) is 9.97 Å². The van der Waals surface area contributed by atoms with Crippen LogP contribution in [0.4, 0.5) is 5.69 Å². The molecule has 18 heavy (non-hydrogen) atoms. The molecule has 1 heterocycles. The molecule has 1 unspecified atom stereocenters. The van der Waals surface area contributed by atoms with Crippen molar-refractivity contribution in [1.82, 2.24) is 15.3 Å². The van der Waals surface area contributed by atoms with Crippen LogP contribution in [0.3, 0.4) is 0 Å². The Bertz CT molecular complexity index is 367. The van der Waals surface area contributed by atoms with E-state index in [0.29, 0.717) is 18.3 Å². The van der Waals surface area contributed by atoms with Crippen molar-refractivity contribution in [3.63, 3.8) is 0 Å². The molecular weight excluding hydrogens is 232 g/mol. The minimum Gasteiger partial charge on any atom is -0.314 e. The van der Waals surface area contributed by atoms with E-state index in [1.807, 2.05) is 0 Å². The van der Waals surface area contributed by atoms with E-state index in [1.54, 1.807) is 0 Å². The molecule has 0 radical (unpaired) electrons. The van der Waals surface area contributed by atoms with E-state index < -0.39 is 4.92 Å². The van der Waals surface area contributed by atoms with Crippen LogP contribution in [0.15, 0.2) is 12.4 Å². The molecule has 0 saturated heterocycles. The van der Waals surface area contributed by atoms with Gasteiger partial charge in [0.15, 0.2) is 0 Å². The van der Waals surface area contributed by atoms with E-state index >= 15 is 0 Å². The normalized spacial score (nSPS) is 12.3. The van der Waals surface area contributed by atoms with Crippen molar-refractivity contribution in [1.29, 1.82) is 0 Å². The first-order chi connectivity index (χ1) is 8.67. The predicted molar refractivity (Wildman–Crippen MR) is 69.4 cm³/mol. The Morgan fingerprint density at radius 1 is 1.33 bits per heavy atom. The fourth-order valence-corrected chi connectivity index (χ4v) is 1.74. The number of nitrogens with one attached hydrogen (secondary N) is 1. The van der Waals surface area contributed by atoms with Gasteiger partial charge in [-0.1, -0.05) is 20.3 Å². The Kier molecular flexibility index (Phi) is 6.21. The Balaban J connectivity index is 2.59. The largest absolute Gasteiger partial charge is 0.314 e. The highest BCUT2D eigenvalue weighted by Crippen LogP contribution is 2.08. The van der Waals surface area contributed by atoms with Gasteiger partial charge in [-0.05, 0) is 19.4 Å². The van der Waals surface area contributed by atoms with Gasteiger partial charge in [0.25, 0.3) is 0 Å². The van der Waals surface area contributed by atoms with Gasteiger partial charge in [0, 0.05) is 12.5 Å². The van der Waals surface area contributed by atoms with Crippen LogP contribution in [0.2, 0.25) is 0 Å². The van der Waals surface area contributed by atoms with Crippen molar-refractivity contribution in [2.24, 2.45) is 0 Å². The van der Waals surface area contributed by atoms with Gasteiger partial charge < -0.3 is 5.32 Å². The lowest BCUT2D eigenvalue weighted by Gasteiger charge is -2.16. The molecule has 1 rings (SSSR count). The van der Waals surface area contributed by atoms with Gasteiger partial charge in [0.1, 0.15) is 18.2 Å². The predicted octanol–water partition coefficient (Wildman–Crippen LogP) is 2.10. The number of hydrogen-bond acceptors (Lipinski definition) is 5. The zero-order valence-electron chi connectivity index (χ0n) is 10.9. The number of rotatable bonds is 8. The summed E-state index contributed by atoms with van der Waals surface area (Å²) in [5.41, 5.74) is -0.0627. The van der Waals surface area contributed by atoms with Gasteiger partial charge in [0.2, 0.25) is 0 Å². The Morgan fingerprint density at radius 2 is 2.00 bits per heavy atom. The quantitative estimate of drug-likeness (QED) is 0.566. The van der Waals surface area contributed by atoms with E-state index in [4.69, 9.17) is 0 Å². The van der Waals surface area contributed by atoms with Crippen molar-refractivity contribution in [2.75, 3.05) is 6.54 Å². The average Bonchev–Trinajstić information content (AvgIpc) is 2.37. The summed E-state index contributed by atoms with van der Waals surface area (Å²) in [7, 11) is 0. The fourth-order valence-electron chi connectivity index (χ4n) is 1.74. The highest BCUT2D eigenvalue weighted by atomic mass is 16.6. The second-order valence-corrected chi connectivity index (χ2v) is 4.26. The van der Waals surface area contributed by atoms with E-state index in [2.05, 4.69) is 29.1 Å². The van der Waals surface area contributed by atoms with Crippen LogP contribution in [0, 0.1) is 10.1 Å². The third-order valence-electron chi connectivity index (χ3n) is 2.65. The zero-order valence-corrected chi connectivity index (χ0v) is 10.9. The van der Waals surface area contributed by atoms with Gasteiger partial charge in [-0.3, -0.25) is 10.1 Å². The van der Waals surface area contributed by atoms with E-state index in [0.717, 1.165) is 25.8 Å². The molecule has 6 nitrogen and oxygen atoms in total. The average molecular weight is 252 g/mol. The molecule has 0 aromatic carbocycles. The lowest BCUT2D eigenvalue weighted by atomic mass is 10.1. The molecule has 0 bridgehead atoms. The highest BCUT2D eigenvalue weighted by Gasteiger charge is 2.11. The summed E-state index contributed by atoms with van der Waals surface area (Å²) in [6, 6.07) is 0.344. The first-order valence-electron chi connectivity index (χ1n) is 6.36. The number of nitro groups is 1. The van der Waals surface area contributed by atoms with Crippen molar-refractivity contribution < 1.29 is 4.92 Å². The zero-order chi connectivity index (χ0) is 13.4. The summed E-state index contributed by atoms with van der Waals surface area (Å²) in [5, 5.41) is 13.9. The molecule has 0 saturated carbocycles. The minimum absolute atomic E-state index is 0.0627. The molecule has 0 aliphatic rings. The second kappa shape index (κ2) is 7.71. The summed E-state index contributed by atoms with van der Waals surface area (Å²) in [4.78, 5) is 18.1. The summed E-state index contributed by atoms with van der Waals surface area (Å²) >= 11 is 0. The Hall–Kier alpha value is -1.56. The van der Waals surface area contributed by atoms with Gasteiger partial charge >= 0.3 is 5.69 Å². The first-order valence-corrected chi connectivity index (χ1v) is 6.36. The molecular formula is C12H20N4O2. The first kappa shape index (κ1) is 14.5. The van der Waals surface area contributed by atoms with Crippen molar-refractivity contribution in [2.45, 2.75) is 45.6 Å². The van der Waals surface area contributed by atoms with Crippen molar-refractivity contribution in [3.8, 4) is 0 Å². The number of aromatic nitrogens is 2. The molecule has 0 aliphatic heterocycles. The van der Waals surface area contributed by atoms with Gasteiger partial charge in [-0.2, -0.15) is 0 Å². The maximum Gasteiger partial charge on any atom is 0.305 e. The van der Waals surface area contributed by atoms with Crippen molar-refractivity contribution in [3.05, 3.63) is 28.3 Å². The van der Waals surface area contributed by atoms with Crippen LogP contribution in [0.5, 0.6) is 0 Å². The molecule has 1 aromatic heterocycles. The smallest absolute Gasteiger partial charge is 0.305 e. The van der Waals surface area contributed by atoms with Gasteiger partial charge in [0.05, 0.1) is 4.92 Å². The van der Waals surface area contributed by atoms with Crippen LogP contribution < -0.4 is 5.32 Å². The van der Waals surface area contributed by atoms with Crippen LogP contribution in [-0.2, 0) is 6.42 Å². The maximum atomic E-state index is 10.5. The summed E-state index contributed by atoms with van der Waals surface area (Å²) in [6.07, 6.45) is 6.48. The van der Waals surface area contributed by atoms with Crippen LogP contribution in [-0.4, -0.2) is 27.5 Å². The second-order valence-electron chi connectivity index (χ2n) is 4.26. The van der Waals surface area contributed by atoms with Gasteiger partial charge in [-0.15, -0.1) is 0 Å². The molecule has 0 amide bonds. The van der Waals surface area contributed by atoms with E-state index in [9.17, 15) is 10.1 Å². The summed E-state index contributed by atoms with van der Waals surface area (Å²) in [5.74, 6) is 0.655. The number of nitrogens with zero attached hydrogens (tertiary/aromatic N) is 3. The standard InChI is InChI=1S/C12H20N4O2/c1-3-5-10(13-6-4-2)7-12-14-8-11(9-15-12)16(17)18/h8-10,13H,3-7H2,1-2H3. The topological polar surface area (TPSA) is 81.0 Å². The van der Waals surface area contributed by atoms with Crippen LogP contribution in [0.25, 0.3) is 0 Å². The monoisotopic (exact) mass is 252 g/mol. The minimum atomic E-state index is -0.483.